The van der Waals surface area contributed by atoms with Crippen LogP contribution in [0.4, 0.5) is 5.69 Å². The zero-order valence-electron chi connectivity index (χ0n) is 18.3. The zero-order chi connectivity index (χ0) is 23.4. The lowest BCUT2D eigenvalue weighted by Crippen LogP contribution is -2.31. The van der Waals surface area contributed by atoms with Crippen LogP contribution in [0.2, 0.25) is 5.02 Å². The van der Waals surface area contributed by atoms with E-state index < -0.39 is 5.92 Å². The van der Waals surface area contributed by atoms with Crippen molar-refractivity contribution in [3.8, 4) is 11.8 Å². The first-order valence-electron chi connectivity index (χ1n) is 10.0. The molecule has 3 rings (SSSR count). The Morgan fingerprint density at radius 3 is 2.56 bits per heavy atom. The molecule has 8 heteroatoms. The number of carbonyl (C=O) groups is 2. The quantitative estimate of drug-likeness (QED) is 0.622. The second-order valence-electron chi connectivity index (χ2n) is 7.66. The lowest BCUT2D eigenvalue weighted by atomic mass is 9.87. The SMILES string of the molecule is COc1ccc([C@H]2CC(=O)NC(SCC(=O)Nc3c(C)cc(C)cc3C)=C2C#N)cc1Cl. The highest BCUT2D eigenvalue weighted by Gasteiger charge is 2.30. The third-order valence-corrected chi connectivity index (χ3v) is 6.54. The van der Waals surface area contributed by atoms with Gasteiger partial charge in [-0.05, 0) is 49.6 Å². The number of methoxy groups -OCH3 is 1. The van der Waals surface area contributed by atoms with Gasteiger partial charge < -0.3 is 15.4 Å². The number of benzene rings is 2. The van der Waals surface area contributed by atoms with Crippen LogP contribution in [0.1, 0.15) is 34.6 Å². The highest BCUT2D eigenvalue weighted by molar-refractivity contribution is 8.03. The van der Waals surface area contributed by atoms with Crippen molar-refractivity contribution in [1.82, 2.24) is 5.32 Å². The number of rotatable bonds is 6. The van der Waals surface area contributed by atoms with Gasteiger partial charge in [0.25, 0.3) is 0 Å². The highest BCUT2D eigenvalue weighted by Crippen LogP contribution is 2.38. The first kappa shape index (κ1) is 23.7. The molecule has 1 aliphatic heterocycles. The van der Waals surface area contributed by atoms with Gasteiger partial charge in [0.2, 0.25) is 11.8 Å². The van der Waals surface area contributed by atoms with Gasteiger partial charge in [-0.15, -0.1) is 0 Å². The molecule has 0 bridgehead atoms. The van der Waals surface area contributed by atoms with Crippen molar-refractivity contribution in [3.63, 3.8) is 0 Å². The van der Waals surface area contributed by atoms with Gasteiger partial charge in [0.15, 0.2) is 0 Å². The Hall–Kier alpha value is -2.95. The molecule has 2 amide bonds. The van der Waals surface area contributed by atoms with Crippen LogP contribution in [0, 0.1) is 32.1 Å². The smallest absolute Gasteiger partial charge is 0.234 e. The molecule has 0 spiro atoms. The molecule has 0 aromatic heterocycles. The van der Waals surface area contributed by atoms with Gasteiger partial charge >= 0.3 is 0 Å². The summed E-state index contributed by atoms with van der Waals surface area (Å²) in [7, 11) is 1.52. The number of hydrogen-bond acceptors (Lipinski definition) is 5. The molecule has 166 valence electrons. The number of anilines is 1. The maximum Gasteiger partial charge on any atom is 0.234 e. The molecule has 0 aliphatic carbocycles. The summed E-state index contributed by atoms with van der Waals surface area (Å²) in [6.45, 7) is 5.91. The number of thioether (sulfide) groups is 1. The summed E-state index contributed by atoms with van der Waals surface area (Å²) in [5.74, 6) is -0.285. The fraction of sp³-hybridized carbons (Fsp3) is 0.292. The van der Waals surface area contributed by atoms with Crippen LogP contribution in [0.15, 0.2) is 40.9 Å². The van der Waals surface area contributed by atoms with Crippen molar-refractivity contribution in [2.45, 2.75) is 33.1 Å². The molecule has 1 atom stereocenters. The van der Waals surface area contributed by atoms with E-state index in [1.54, 1.807) is 18.2 Å². The van der Waals surface area contributed by atoms with E-state index in [0.29, 0.717) is 21.4 Å². The molecule has 0 fully saturated rings. The van der Waals surface area contributed by atoms with Crippen LogP contribution >= 0.6 is 23.4 Å². The van der Waals surface area contributed by atoms with E-state index in [4.69, 9.17) is 16.3 Å². The zero-order valence-corrected chi connectivity index (χ0v) is 19.9. The van der Waals surface area contributed by atoms with Crippen molar-refractivity contribution in [2.75, 3.05) is 18.2 Å². The monoisotopic (exact) mass is 469 g/mol. The molecule has 2 aromatic rings. The molecule has 0 saturated carbocycles. The first-order valence-corrected chi connectivity index (χ1v) is 11.4. The lowest BCUT2D eigenvalue weighted by Gasteiger charge is -2.25. The minimum absolute atomic E-state index is 0.0592. The number of amides is 2. The van der Waals surface area contributed by atoms with E-state index in [1.165, 1.54) is 7.11 Å². The third-order valence-electron chi connectivity index (χ3n) is 5.22. The van der Waals surface area contributed by atoms with E-state index in [2.05, 4.69) is 16.7 Å². The number of ether oxygens (including phenoxy) is 1. The predicted octanol–water partition coefficient (Wildman–Crippen LogP) is 4.98. The molecule has 32 heavy (non-hydrogen) atoms. The number of carbonyl (C=O) groups excluding carboxylic acids is 2. The number of nitrogens with one attached hydrogen (secondary N) is 2. The lowest BCUT2D eigenvalue weighted by molar-refractivity contribution is -0.121. The van der Waals surface area contributed by atoms with Crippen LogP contribution < -0.4 is 15.4 Å². The second kappa shape index (κ2) is 10.1. The van der Waals surface area contributed by atoms with Crippen LogP contribution in [-0.2, 0) is 9.59 Å². The summed E-state index contributed by atoms with van der Waals surface area (Å²) in [5.41, 5.74) is 5.04. The van der Waals surface area contributed by atoms with Crippen molar-refractivity contribution >= 4 is 40.9 Å². The topological polar surface area (TPSA) is 91.2 Å². The summed E-state index contributed by atoms with van der Waals surface area (Å²) < 4.78 is 5.18. The van der Waals surface area contributed by atoms with Crippen LogP contribution in [0.5, 0.6) is 5.75 Å². The summed E-state index contributed by atoms with van der Waals surface area (Å²) in [6, 6.07) is 11.4. The van der Waals surface area contributed by atoms with Gasteiger partial charge in [0.1, 0.15) is 5.75 Å². The molecule has 2 aromatic carbocycles. The van der Waals surface area contributed by atoms with Crippen LogP contribution in [0.3, 0.4) is 0 Å². The Balaban J connectivity index is 1.80. The third kappa shape index (κ3) is 5.26. The van der Waals surface area contributed by atoms with E-state index in [9.17, 15) is 14.9 Å². The van der Waals surface area contributed by atoms with Gasteiger partial charge in [-0.1, -0.05) is 47.1 Å². The molecule has 0 radical (unpaired) electrons. The highest BCUT2D eigenvalue weighted by atomic mass is 35.5. The van der Waals surface area contributed by atoms with Crippen LogP contribution in [-0.4, -0.2) is 24.7 Å². The summed E-state index contributed by atoms with van der Waals surface area (Å²) in [6.07, 6.45) is 0.129. The number of nitriles is 1. The predicted molar refractivity (Wildman–Crippen MR) is 128 cm³/mol. The molecule has 0 saturated heterocycles. The van der Waals surface area contributed by atoms with E-state index in [-0.39, 0.29) is 24.0 Å². The molecule has 6 nitrogen and oxygen atoms in total. The number of allylic oxidation sites excluding steroid dienone is 1. The average Bonchev–Trinajstić information content (AvgIpc) is 2.74. The Kier molecular flexibility index (Phi) is 7.49. The standard InChI is InChI=1S/C24H24ClN3O3S/c1-13-7-14(2)23(15(3)8-13)27-22(30)12-32-24-18(11-26)17(10-21(29)28-24)16-5-6-20(31-4)19(25)9-16/h5-9,17H,10,12H2,1-4H3,(H,27,30)(H,28,29)/t17-/m1/s1. The second-order valence-corrected chi connectivity index (χ2v) is 9.06. The molecular formula is C24H24ClN3O3S. The largest absolute Gasteiger partial charge is 0.495 e. The maximum atomic E-state index is 12.6. The van der Waals surface area contributed by atoms with Gasteiger partial charge in [-0.25, -0.2) is 0 Å². The summed E-state index contributed by atoms with van der Waals surface area (Å²) >= 11 is 7.39. The van der Waals surface area contributed by atoms with Crippen molar-refractivity contribution in [1.29, 1.82) is 5.26 Å². The average molecular weight is 470 g/mol. The van der Waals surface area contributed by atoms with Gasteiger partial charge in [0.05, 0.1) is 34.6 Å². The molecule has 1 heterocycles. The molecule has 0 unspecified atom stereocenters. The summed E-state index contributed by atoms with van der Waals surface area (Å²) in [5, 5.41) is 16.3. The maximum absolute atomic E-state index is 12.6. The number of aryl methyl sites for hydroxylation is 3. The fourth-order valence-electron chi connectivity index (χ4n) is 3.81. The van der Waals surface area contributed by atoms with E-state index >= 15 is 0 Å². The van der Waals surface area contributed by atoms with Crippen molar-refractivity contribution in [2.24, 2.45) is 0 Å². The fourth-order valence-corrected chi connectivity index (χ4v) is 4.95. The minimum Gasteiger partial charge on any atom is -0.495 e. The van der Waals surface area contributed by atoms with Crippen molar-refractivity contribution in [3.05, 3.63) is 68.2 Å². The van der Waals surface area contributed by atoms with Crippen molar-refractivity contribution < 1.29 is 14.3 Å². The van der Waals surface area contributed by atoms with Gasteiger partial charge in [-0.2, -0.15) is 5.26 Å². The first-order chi connectivity index (χ1) is 15.2. The Bertz CT molecular complexity index is 1130. The Labute approximate surface area is 197 Å². The Morgan fingerprint density at radius 1 is 1.28 bits per heavy atom. The minimum atomic E-state index is -0.440. The van der Waals surface area contributed by atoms with E-state index in [0.717, 1.165) is 39.7 Å². The summed E-state index contributed by atoms with van der Waals surface area (Å²) in [4.78, 5) is 25.0. The normalized spacial score (nSPS) is 15.8. The van der Waals surface area contributed by atoms with Gasteiger partial charge in [-0.3, -0.25) is 9.59 Å². The molecular weight excluding hydrogens is 446 g/mol. The number of nitrogens with zero attached hydrogens (tertiary/aromatic N) is 1. The Morgan fingerprint density at radius 2 is 1.97 bits per heavy atom. The van der Waals surface area contributed by atoms with Crippen LogP contribution in [0.25, 0.3) is 0 Å². The molecule has 2 N–H and O–H groups in total. The van der Waals surface area contributed by atoms with E-state index in [1.807, 2.05) is 32.9 Å². The van der Waals surface area contributed by atoms with Gasteiger partial charge in [0, 0.05) is 18.0 Å². The number of hydrogen-bond donors (Lipinski definition) is 2. The molecule has 1 aliphatic rings. The number of halogens is 1.